The third-order valence-corrected chi connectivity index (χ3v) is 8.72. The molecule has 1 N–H and O–H groups in total. The number of hydrogen-bond donors (Lipinski definition) is 1. The summed E-state index contributed by atoms with van der Waals surface area (Å²) in [6, 6.07) is 16.4. The van der Waals surface area contributed by atoms with Crippen LogP contribution >= 0.6 is 0 Å². The predicted molar refractivity (Wildman–Crippen MR) is 156 cm³/mol. The van der Waals surface area contributed by atoms with E-state index < -0.39 is 34.3 Å². The maximum atomic E-state index is 14.0. The Morgan fingerprint density at radius 3 is 2.08 bits per heavy atom. The fraction of sp³-hybridized carbons (Fsp3) is 0.355. The van der Waals surface area contributed by atoms with Gasteiger partial charge in [-0.1, -0.05) is 54.4 Å². The van der Waals surface area contributed by atoms with E-state index in [1.165, 1.54) is 29.2 Å². The topological polar surface area (TPSA) is 86.8 Å². The largest absolute Gasteiger partial charge is 0.352 e. The molecule has 2 unspecified atom stereocenters. The van der Waals surface area contributed by atoms with Crippen molar-refractivity contribution in [2.75, 3.05) is 10.8 Å². The van der Waals surface area contributed by atoms with E-state index in [4.69, 9.17) is 0 Å². The zero-order chi connectivity index (χ0) is 29.6. The second kappa shape index (κ2) is 13.1. The van der Waals surface area contributed by atoms with Crippen molar-refractivity contribution in [2.24, 2.45) is 0 Å². The van der Waals surface area contributed by atoms with Gasteiger partial charge in [0.05, 0.1) is 10.6 Å². The number of amides is 2. The summed E-state index contributed by atoms with van der Waals surface area (Å²) in [7, 11) is -4.15. The van der Waals surface area contributed by atoms with Gasteiger partial charge in [0, 0.05) is 12.6 Å². The highest BCUT2D eigenvalue weighted by molar-refractivity contribution is 7.92. The molecule has 0 bridgehead atoms. The highest BCUT2D eigenvalue weighted by atomic mass is 32.2. The van der Waals surface area contributed by atoms with Gasteiger partial charge in [-0.15, -0.1) is 0 Å². The van der Waals surface area contributed by atoms with E-state index in [2.05, 4.69) is 5.32 Å². The lowest BCUT2D eigenvalue weighted by atomic mass is 10.1. The van der Waals surface area contributed by atoms with Crippen molar-refractivity contribution in [3.05, 3.63) is 94.8 Å². The van der Waals surface area contributed by atoms with Gasteiger partial charge >= 0.3 is 0 Å². The number of hydrogen-bond acceptors (Lipinski definition) is 4. The first-order valence-electron chi connectivity index (χ1n) is 13.3. The fourth-order valence-electron chi connectivity index (χ4n) is 4.27. The Labute approximate surface area is 237 Å². The van der Waals surface area contributed by atoms with Crippen molar-refractivity contribution in [1.29, 1.82) is 0 Å². The molecule has 0 heterocycles. The summed E-state index contributed by atoms with van der Waals surface area (Å²) in [4.78, 5) is 28.5. The van der Waals surface area contributed by atoms with Crippen LogP contribution in [0.5, 0.6) is 0 Å². The maximum absolute atomic E-state index is 14.0. The van der Waals surface area contributed by atoms with Gasteiger partial charge in [0.25, 0.3) is 10.0 Å². The van der Waals surface area contributed by atoms with E-state index >= 15 is 0 Å². The Morgan fingerprint density at radius 2 is 1.50 bits per heavy atom. The quantitative estimate of drug-likeness (QED) is 0.342. The summed E-state index contributed by atoms with van der Waals surface area (Å²) in [6.45, 7) is 10.4. The molecule has 0 aromatic heterocycles. The Kier molecular flexibility index (Phi) is 10.1. The Morgan fingerprint density at radius 1 is 0.900 bits per heavy atom. The molecule has 0 radical (unpaired) electrons. The predicted octanol–water partition coefficient (Wildman–Crippen LogP) is 5.28. The van der Waals surface area contributed by atoms with Crippen molar-refractivity contribution < 1.29 is 22.4 Å². The maximum Gasteiger partial charge on any atom is 0.264 e. The number of halogens is 1. The molecule has 3 aromatic rings. The molecule has 2 amide bonds. The molecule has 0 aliphatic heterocycles. The summed E-state index contributed by atoms with van der Waals surface area (Å²) in [5.41, 5.74) is 3.53. The van der Waals surface area contributed by atoms with Gasteiger partial charge in [0.15, 0.2) is 0 Å². The van der Waals surface area contributed by atoms with Crippen LogP contribution in [0.2, 0.25) is 0 Å². The van der Waals surface area contributed by atoms with Crippen LogP contribution < -0.4 is 9.62 Å². The zero-order valence-electron chi connectivity index (χ0n) is 23.9. The fourth-order valence-corrected chi connectivity index (χ4v) is 5.75. The number of benzene rings is 3. The van der Waals surface area contributed by atoms with Crippen LogP contribution in [0.3, 0.4) is 0 Å². The minimum atomic E-state index is -4.15. The van der Waals surface area contributed by atoms with Gasteiger partial charge in [0.1, 0.15) is 18.4 Å². The van der Waals surface area contributed by atoms with Gasteiger partial charge in [-0.2, -0.15) is 0 Å². The van der Waals surface area contributed by atoms with Crippen molar-refractivity contribution in [2.45, 2.75) is 71.5 Å². The number of carbonyl (C=O) groups excluding carboxylic acids is 2. The molecule has 0 saturated heterocycles. The van der Waals surface area contributed by atoms with Gasteiger partial charge in [-0.05, 0) is 82.5 Å². The number of anilines is 1. The second-order valence-corrected chi connectivity index (χ2v) is 12.1. The molecular weight excluding hydrogens is 529 g/mol. The number of sulfonamides is 1. The van der Waals surface area contributed by atoms with Gasteiger partial charge in [0.2, 0.25) is 11.8 Å². The van der Waals surface area contributed by atoms with E-state index in [0.29, 0.717) is 23.2 Å². The van der Waals surface area contributed by atoms with Crippen molar-refractivity contribution in [3.8, 4) is 0 Å². The van der Waals surface area contributed by atoms with Crippen LogP contribution in [0.15, 0.2) is 71.6 Å². The molecule has 2 atom stereocenters. The molecule has 3 rings (SSSR count). The molecule has 40 heavy (non-hydrogen) atoms. The van der Waals surface area contributed by atoms with Crippen LogP contribution in [0.1, 0.15) is 49.4 Å². The van der Waals surface area contributed by atoms with E-state index in [0.717, 1.165) is 15.4 Å². The summed E-state index contributed by atoms with van der Waals surface area (Å²) in [5.74, 6) is -1.34. The van der Waals surface area contributed by atoms with Gasteiger partial charge in [-0.3, -0.25) is 13.9 Å². The first-order chi connectivity index (χ1) is 18.8. The average molecular weight is 568 g/mol. The summed E-state index contributed by atoms with van der Waals surface area (Å²) in [5, 5.41) is 2.90. The lowest BCUT2D eigenvalue weighted by Crippen LogP contribution is -2.52. The molecule has 0 aliphatic rings. The molecule has 214 valence electrons. The van der Waals surface area contributed by atoms with Crippen molar-refractivity contribution in [3.63, 3.8) is 0 Å². The average Bonchev–Trinajstić information content (AvgIpc) is 2.91. The van der Waals surface area contributed by atoms with Crippen LogP contribution in [-0.2, 0) is 26.2 Å². The Hall–Kier alpha value is -3.72. The van der Waals surface area contributed by atoms with E-state index in [1.807, 2.05) is 33.8 Å². The standard InChI is InChI=1S/C31H38FN3O4S/c1-7-24(5)33-31(37)25(6)34(19-26-11-13-27(32)14-12-26)30(36)20-35(29-17-10-22(3)18-23(29)4)40(38,39)28-15-8-21(2)9-16-28/h8-18,24-25H,7,19-20H2,1-6H3,(H,33,37). The third-order valence-electron chi connectivity index (χ3n) is 6.94. The van der Waals surface area contributed by atoms with Gasteiger partial charge < -0.3 is 10.2 Å². The number of nitrogens with one attached hydrogen (secondary N) is 1. The van der Waals surface area contributed by atoms with E-state index in [1.54, 1.807) is 50.2 Å². The van der Waals surface area contributed by atoms with Crippen molar-refractivity contribution >= 4 is 27.5 Å². The molecule has 0 spiro atoms. The summed E-state index contributed by atoms with van der Waals surface area (Å²) >= 11 is 0. The van der Waals surface area contributed by atoms with Gasteiger partial charge in [-0.25, -0.2) is 12.8 Å². The normalized spacial score (nSPS) is 12.9. The molecule has 0 saturated carbocycles. The van der Waals surface area contributed by atoms with E-state index in [9.17, 15) is 22.4 Å². The molecule has 9 heteroatoms. The zero-order valence-corrected chi connectivity index (χ0v) is 24.8. The van der Waals surface area contributed by atoms with Crippen LogP contribution in [0.4, 0.5) is 10.1 Å². The molecule has 0 fully saturated rings. The lowest BCUT2D eigenvalue weighted by molar-refractivity contribution is -0.139. The Bertz CT molecular complexity index is 1440. The van der Waals surface area contributed by atoms with Crippen molar-refractivity contribution in [1.82, 2.24) is 10.2 Å². The number of rotatable bonds is 11. The number of nitrogens with zero attached hydrogens (tertiary/aromatic N) is 2. The second-order valence-electron chi connectivity index (χ2n) is 10.3. The minimum Gasteiger partial charge on any atom is -0.352 e. The monoisotopic (exact) mass is 567 g/mol. The smallest absolute Gasteiger partial charge is 0.264 e. The van der Waals surface area contributed by atoms with Crippen LogP contribution in [0.25, 0.3) is 0 Å². The number of carbonyl (C=O) groups is 2. The molecule has 0 aliphatic carbocycles. The summed E-state index contributed by atoms with van der Waals surface area (Å²) in [6.07, 6.45) is 0.708. The third kappa shape index (κ3) is 7.47. The highest BCUT2D eigenvalue weighted by Gasteiger charge is 2.33. The first-order valence-corrected chi connectivity index (χ1v) is 14.8. The Balaban J connectivity index is 2.05. The summed E-state index contributed by atoms with van der Waals surface area (Å²) < 4.78 is 42.6. The van der Waals surface area contributed by atoms with E-state index in [-0.39, 0.29) is 23.4 Å². The SMILES string of the molecule is CCC(C)NC(=O)C(C)N(Cc1ccc(F)cc1)C(=O)CN(c1ccc(C)cc1C)S(=O)(=O)c1ccc(C)cc1. The molecule has 7 nitrogen and oxygen atoms in total. The lowest BCUT2D eigenvalue weighted by Gasteiger charge is -2.33. The highest BCUT2D eigenvalue weighted by Crippen LogP contribution is 2.28. The minimum absolute atomic E-state index is 0.000491. The van der Waals surface area contributed by atoms with Crippen LogP contribution in [-0.4, -0.2) is 43.8 Å². The number of aryl methyl sites for hydroxylation is 3. The molecular formula is C31H38FN3O4S. The van der Waals surface area contributed by atoms with Crippen LogP contribution in [0, 0.1) is 26.6 Å². The molecule has 3 aromatic carbocycles. The first kappa shape index (κ1) is 30.8.